The second-order valence-corrected chi connectivity index (χ2v) is 5.82. The molecule has 2 amide bonds. The van der Waals surface area contributed by atoms with Crippen molar-refractivity contribution in [2.24, 2.45) is 11.8 Å². The highest BCUT2D eigenvalue weighted by Crippen LogP contribution is 2.18. The molecular weight excluding hydrogens is 258 g/mol. The lowest BCUT2D eigenvalue weighted by Gasteiger charge is -2.29. The number of nitrogens with zero attached hydrogens (tertiary/aromatic N) is 1. The highest BCUT2D eigenvalue weighted by Gasteiger charge is 2.26. The Labute approximate surface area is 119 Å². The molecule has 0 atom stereocenters. The molecule has 6 nitrogen and oxygen atoms in total. The van der Waals surface area contributed by atoms with Crippen molar-refractivity contribution in [3.63, 3.8) is 0 Å². The molecule has 0 radical (unpaired) electrons. The summed E-state index contributed by atoms with van der Waals surface area (Å²) in [4.78, 5) is 24.2. The Morgan fingerprint density at radius 3 is 2.40 bits per heavy atom. The fourth-order valence-corrected chi connectivity index (χ4v) is 3.05. The third-order valence-corrected chi connectivity index (χ3v) is 4.45. The normalized spacial score (nSPS) is 21.7. The maximum absolute atomic E-state index is 12.0. The molecule has 2 heterocycles. The van der Waals surface area contributed by atoms with Gasteiger partial charge in [0.15, 0.2) is 0 Å². The first kappa shape index (κ1) is 15.1. The van der Waals surface area contributed by atoms with Crippen LogP contribution in [0.2, 0.25) is 0 Å². The third kappa shape index (κ3) is 4.37. The molecule has 6 heteroatoms. The summed E-state index contributed by atoms with van der Waals surface area (Å²) < 4.78 is 0. The average Bonchev–Trinajstić information content (AvgIpc) is 2.48. The van der Waals surface area contributed by atoms with Gasteiger partial charge in [0, 0.05) is 25.6 Å². The van der Waals surface area contributed by atoms with Crippen molar-refractivity contribution in [1.29, 1.82) is 0 Å². The van der Waals surface area contributed by atoms with E-state index in [9.17, 15) is 9.59 Å². The first-order chi connectivity index (χ1) is 9.66. The lowest BCUT2D eigenvalue weighted by atomic mass is 9.94. The molecule has 0 spiro atoms. The van der Waals surface area contributed by atoms with Gasteiger partial charge in [0.1, 0.15) is 0 Å². The van der Waals surface area contributed by atoms with Crippen LogP contribution in [-0.4, -0.2) is 54.7 Å². The summed E-state index contributed by atoms with van der Waals surface area (Å²) in [5.41, 5.74) is 0. The van der Waals surface area contributed by atoms with E-state index in [-0.39, 0.29) is 11.8 Å². The number of carboxylic acid groups (broad SMARTS) is 1. The lowest BCUT2D eigenvalue weighted by molar-refractivity contribution is -0.126. The van der Waals surface area contributed by atoms with E-state index in [2.05, 4.69) is 10.6 Å². The molecule has 0 aromatic heterocycles. The van der Waals surface area contributed by atoms with Gasteiger partial charge in [-0.1, -0.05) is 0 Å². The molecule has 0 aromatic carbocycles. The molecular formula is C14H25N3O3. The molecule has 0 saturated carbocycles. The molecule has 2 rings (SSSR count). The van der Waals surface area contributed by atoms with Crippen LogP contribution in [0.5, 0.6) is 0 Å². The van der Waals surface area contributed by atoms with Gasteiger partial charge < -0.3 is 20.6 Å². The molecule has 20 heavy (non-hydrogen) atoms. The van der Waals surface area contributed by atoms with Crippen molar-refractivity contribution >= 4 is 12.0 Å². The largest absolute Gasteiger partial charge is 0.465 e. The van der Waals surface area contributed by atoms with Crippen molar-refractivity contribution in [2.45, 2.75) is 32.1 Å². The van der Waals surface area contributed by atoms with Gasteiger partial charge in [-0.25, -0.2) is 4.79 Å². The topological polar surface area (TPSA) is 81.7 Å². The van der Waals surface area contributed by atoms with Crippen molar-refractivity contribution < 1.29 is 14.7 Å². The van der Waals surface area contributed by atoms with Gasteiger partial charge >= 0.3 is 6.09 Å². The van der Waals surface area contributed by atoms with Crippen LogP contribution in [0.3, 0.4) is 0 Å². The summed E-state index contributed by atoms with van der Waals surface area (Å²) in [5.74, 6) is 0.813. The first-order valence-corrected chi connectivity index (χ1v) is 7.63. The molecule has 2 aliphatic rings. The van der Waals surface area contributed by atoms with E-state index >= 15 is 0 Å². The highest BCUT2D eigenvalue weighted by molar-refractivity contribution is 5.79. The van der Waals surface area contributed by atoms with Gasteiger partial charge in [-0.15, -0.1) is 0 Å². The van der Waals surface area contributed by atoms with E-state index in [1.54, 1.807) is 0 Å². The second kappa shape index (κ2) is 7.47. The Bertz CT molecular complexity index is 335. The fraction of sp³-hybridized carbons (Fsp3) is 0.857. The Morgan fingerprint density at radius 2 is 1.80 bits per heavy atom. The van der Waals surface area contributed by atoms with Crippen molar-refractivity contribution in [3.8, 4) is 0 Å². The summed E-state index contributed by atoms with van der Waals surface area (Å²) in [6.45, 7) is 3.88. The molecule has 114 valence electrons. The van der Waals surface area contributed by atoms with Crippen LogP contribution >= 0.6 is 0 Å². The number of nitrogens with one attached hydrogen (secondary N) is 2. The molecule has 0 aromatic rings. The summed E-state index contributed by atoms with van der Waals surface area (Å²) in [5, 5.41) is 15.2. The minimum atomic E-state index is -0.880. The van der Waals surface area contributed by atoms with E-state index in [0.29, 0.717) is 25.9 Å². The van der Waals surface area contributed by atoms with E-state index < -0.39 is 6.09 Å². The van der Waals surface area contributed by atoms with Crippen molar-refractivity contribution in [3.05, 3.63) is 0 Å². The summed E-state index contributed by atoms with van der Waals surface area (Å²) in [6, 6.07) is 0. The molecule has 0 aliphatic carbocycles. The van der Waals surface area contributed by atoms with E-state index in [1.807, 2.05) is 0 Å². The number of piperidine rings is 2. The summed E-state index contributed by atoms with van der Waals surface area (Å²) >= 11 is 0. The molecule has 3 N–H and O–H groups in total. The van der Waals surface area contributed by atoms with Gasteiger partial charge in [0.25, 0.3) is 0 Å². The quantitative estimate of drug-likeness (QED) is 0.715. The number of carbonyl (C=O) groups is 2. The van der Waals surface area contributed by atoms with E-state index in [0.717, 1.165) is 32.0 Å². The minimum Gasteiger partial charge on any atom is -0.465 e. The Balaban J connectivity index is 1.61. The van der Waals surface area contributed by atoms with Crippen LogP contribution in [0.1, 0.15) is 32.1 Å². The predicted octanol–water partition coefficient (Wildman–Crippen LogP) is 0.882. The number of rotatable bonds is 4. The van der Waals surface area contributed by atoms with Crippen molar-refractivity contribution in [1.82, 2.24) is 15.5 Å². The number of hydrogen-bond acceptors (Lipinski definition) is 3. The highest BCUT2D eigenvalue weighted by atomic mass is 16.4. The molecule has 2 aliphatic heterocycles. The smallest absolute Gasteiger partial charge is 0.407 e. The van der Waals surface area contributed by atoms with Crippen molar-refractivity contribution in [2.75, 3.05) is 32.7 Å². The molecule has 0 unspecified atom stereocenters. The maximum atomic E-state index is 12.0. The molecule has 2 saturated heterocycles. The summed E-state index contributed by atoms with van der Waals surface area (Å²) in [6.07, 6.45) is 3.87. The van der Waals surface area contributed by atoms with Gasteiger partial charge in [0.05, 0.1) is 0 Å². The number of carbonyl (C=O) groups excluding carboxylic acids is 1. The number of hydrogen-bond donors (Lipinski definition) is 3. The minimum absolute atomic E-state index is 0.0152. The first-order valence-electron chi connectivity index (χ1n) is 7.63. The van der Waals surface area contributed by atoms with Gasteiger partial charge in [-0.05, 0) is 51.1 Å². The molecule has 2 fully saturated rings. The second-order valence-electron chi connectivity index (χ2n) is 5.82. The van der Waals surface area contributed by atoms with Gasteiger partial charge in [-0.2, -0.15) is 0 Å². The third-order valence-electron chi connectivity index (χ3n) is 4.45. The Kier molecular flexibility index (Phi) is 5.64. The SMILES string of the molecule is O=C(NCCC1CCNCC1)C1CCN(C(=O)O)CC1. The van der Waals surface area contributed by atoms with Crippen LogP contribution < -0.4 is 10.6 Å². The van der Waals surface area contributed by atoms with Crippen LogP contribution in [0.25, 0.3) is 0 Å². The maximum Gasteiger partial charge on any atom is 0.407 e. The number of amides is 2. The Morgan fingerprint density at radius 1 is 1.15 bits per heavy atom. The van der Waals surface area contributed by atoms with Gasteiger partial charge in [0.2, 0.25) is 5.91 Å². The standard InChI is InChI=1S/C14H25N3O3/c18-13(12-4-9-17(10-5-12)14(19)20)16-8-3-11-1-6-15-7-2-11/h11-12,15H,1-10H2,(H,16,18)(H,19,20). The monoisotopic (exact) mass is 283 g/mol. The van der Waals surface area contributed by atoms with Crippen LogP contribution in [0.15, 0.2) is 0 Å². The zero-order chi connectivity index (χ0) is 14.4. The summed E-state index contributed by atoms with van der Waals surface area (Å²) in [7, 11) is 0. The van der Waals surface area contributed by atoms with Crippen LogP contribution in [-0.2, 0) is 4.79 Å². The van der Waals surface area contributed by atoms with E-state index in [4.69, 9.17) is 5.11 Å². The zero-order valence-electron chi connectivity index (χ0n) is 11.9. The predicted molar refractivity (Wildman–Crippen MR) is 75.5 cm³/mol. The number of likely N-dealkylation sites (tertiary alicyclic amines) is 1. The van der Waals surface area contributed by atoms with E-state index in [1.165, 1.54) is 17.7 Å². The fourth-order valence-electron chi connectivity index (χ4n) is 3.05. The van der Waals surface area contributed by atoms with Crippen LogP contribution in [0.4, 0.5) is 4.79 Å². The molecule has 0 bridgehead atoms. The Hall–Kier alpha value is -1.30. The van der Waals surface area contributed by atoms with Crippen LogP contribution in [0, 0.1) is 11.8 Å². The van der Waals surface area contributed by atoms with Gasteiger partial charge in [-0.3, -0.25) is 4.79 Å². The lowest BCUT2D eigenvalue weighted by Crippen LogP contribution is -2.43. The average molecular weight is 283 g/mol. The zero-order valence-corrected chi connectivity index (χ0v) is 11.9.